The zero-order valence-corrected chi connectivity index (χ0v) is 11.5. The molecular formula is C13H21NO4. The minimum atomic E-state index is -0.934. The van der Waals surface area contributed by atoms with E-state index in [1.54, 1.807) is 20.8 Å². The van der Waals surface area contributed by atoms with Crippen LogP contribution in [-0.4, -0.2) is 28.8 Å². The van der Waals surface area contributed by atoms with Gasteiger partial charge in [-0.1, -0.05) is 0 Å². The molecule has 0 aromatic heterocycles. The highest BCUT2D eigenvalue weighted by Crippen LogP contribution is 2.27. The van der Waals surface area contributed by atoms with E-state index in [0.29, 0.717) is 25.7 Å². The van der Waals surface area contributed by atoms with E-state index in [-0.39, 0.29) is 11.6 Å². The minimum Gasteiger partial charge on any atom is -0.444 e. The number of rotatable bonds is 2. The maximum atomic E-state index is 11.7. The molecule has 18 heavy (non-hydrogen) atoms. The fraction of sp³-hybridized carbons (Fsp3) is 0.769. The second-order valence-corrected chi connectivity index (χ2v) is 5.80. The minimum absolute atomic E-state index is 0.124. The van der Waals surface area contributed by atoms with Crippen molar-refractivity contribution in [2.75, 3.05) is 0 Å². The van der Waals surface area contributed by atoms with Crippen LogP contribution in [0.15, 0.2) is 0 Å². The van der Waals surface area contributed by atoms with Gasteiger partial charge in [-0.2, -0.15) is 0 Å². The SMILES string of the molecule is CC(=O)C1(NC(=O)OC(C)(C)C)CCC(=O)CC1. The topological polar surface area (TPSA) is 72.5 Å². The fourth-order valence-electron chi connectivity index (χ4n) is 2.02. The Morgan fingerprint density at radius 3 is 2.11 bits per heavy atom. The summed E-state index contributed by atoms with van der Waals surface area (Å²) in [5, 5.41) is 2.65. The van der Waals surface area contributed by atoms with Crippen molar-refractivity contribution in [3.8, 4) is 0 Å². The van der Waals surface area contributed by atoms with Crippen molar-refractivity contribution in [3.05, 3.63) is 0 Å². The zero-order valence-electron chi connectivity index (χ0n) is 11.5. The maximum Gasteiger partial charge on any atom is 0.408 e. The van der Waals surface area contributed by atoms with Gasteiger partial charge < -0.3 is 10.1 Å². The number of Topliss-reactive ketones (excluding diaryl/α,β-unsaturated/α-hetero) is 2. The molecule has 0 bridgehead atoms. The van der Waals surface area contributed by atoms with Crippen LogP contribution >= 0.6 is 0 Å². The molecule has 0 spiro atoms. The maximum absolute atomic E-state index is 11.7. The van der Waals surface area contributed by atoms with Gasteiger partial charge in [0.2, 0.25) is 0 Å². The largest absolute Gasteiger partial charge is 0.444 e. The van der Waals surface area contributed by atoms with Gasteiger partial charge in [-0.15, -0.1) is 0 Å². The van der Waals surface area contributed by atoms with E-state index < -0.39 is 17.2 Å². The molecule has 5 heteroatoms. The van der Waals surface area contributed by atoms with Crippen LogP contribution in [-0.2, 0) is 14.3 Å². The molecule has 5 nitrogen and oxygen atoms in total. The number of alkyl carbamates (subject to hydrolysis) is 1. The molecule has 0 aliphatic heterocycles. The summed E-state index contributed by atoms with van der Waals surface area (Å²) in [5.74, 6) is 0.0127. The van der Waals surface area contributed by atoms with Gasteiger partial charge in [-0.05, 0) is 40.5 Å². The van der Waals surface area contributed by atoms with Crippen LogP contribution in [0.5, 0.6) is 0 Å². The van der Waals surface area contributed by atoms with Gasteiger partial charge in [0.25, 0.3) is 0 Å². The normalized spacial score (nSPS) is 19.2. The lowest BCUT2D eigenvalue weighted by Crippen LogP contribution is -2.56. The molecule has 0 aromatic carbocycles. The Morgan fingerprint density at radius 2 is 1.72 bits per heavy atom. The highest BCUT2D eigenvalue weighted by molar-refractivity contribution is 5.92. The Labute approximate surface area is 107 Å². The average molecular weight is 255 g/mol. The molecule has 0 heterocycles. The molecule has 0 unspecified atom stereocenters. The molecule has 1 amide bonds. The Hall–Kier alpha value is -1.39. The van der Waals surface area contributed by atoms with Gasteiger partial charge in [0.05, 0.1) is 0 Å². The van der Waals surface area contributed by atoms with Crippen molar-refractivity contribution in [3.63, 3.8) is 0 Å². The van der Waals surface area contributed by atoms with Crippen molar-refractivity contribution in [2.24, 2.45) is 0 Å². The molecule has 1 aliphatic carbocycles. The lowest BCUT2D eigenvalue weighted by Gasteiger charge is -2.35. The lowest BCUT2D eigenvalue weighted by molar-refractivity contribution is -0.128. The first-order chi connectivity index (χ1) is 8.15. The van der Waals surface area contributed by atoms with Crippen LogP contribution in [0.2, 0.25) is 0 Å². The van der Waals surface area contributed by atoms with Crippen LogP contribution in [0, 0.1) is 0 Å². The van der Waals surface area contributed by atoms with Crippen molar-refractivity contribution in [2.45, 2.75) is 64.5 Å². The summed E-state index contributed by atoms with van der Waals surface area (Å²) in [7, 11) is 0. The predicted molar refractivity (Wildman–Crippen MR) is 66.3 cm³/mol. The average Bonchev–Trinajstić information content (AvgIpc) is 2.18. The van der Waals surface area contributed by atoms with Crippen molar-refractivity contribution >= 4 is 17.7 Å². The van der Waals surface area contributed by atoms with Crippen LogP contribution < -0.4 is 5.32 Å². The number of hydrogen-bond acceptors (Lipinski definition) is 4. The summed E-state index contributed by atoms with van der Waals surface area (Å²) in [4.78, 5) is 34.7. The lowest BCUT2D eigenvalue weighted by atomic mass is 9.78. The van der Waals surface area contributed by atoms with E-state index in [1.165, 1.54) is 6.92 Å². The third kappa shape index (κ3) is 3.82. The summed E-state index contributed by atoms with van der Waals surface area (Å²) >= 11 is 0. The van der Waals surface area contributed by atoms with Crippen molar-refractivity contribution in [1.82, 2.24) is 5.32 Å². The monoisotopic (exact) mass is 255 g/mol. The highest BCUT2D eigenvalue weighted by atomic mass is 16.6. The van der Waals surface area contributed by atoms with Crippen molar-refractivity contribution in [1.29, 1.82) is 0 Å². The van der Waals surface area contributed by atoms with Gasteiger partial charge in [-0.3, -0.25) is 9.59 Å². The second-order valence-electron chi connectivity index (χ2n) is 5.80. The third-order valence-electron chi connectivity index (χ3n) is 3.08. The molecule has 0 radical (unpaired) electrons. The highest BCUT2D eigenvalue weighted by Gasteiger charge is 2.41. The number of carbonyl (C=O) groups excluding carboxylic acids is 3. The number of nitrogens with one attached hydrogen (secondary N) is 1. The van der Waals surface area contributed by atoms with E-state index in [1.807, 2.05) is 0 Å². The van der Waals surface area contributed by atoms with Gasteiger partial charge in [0.1, 0.15) is 16.9 Å². The second kappa shape index (κ2) is 5.08. The van der Waals surface area contributed by atoms with Gasteiger partial charge in [0, 0.05) is 12.8 Å². The third-order valence-corrected chi connectivity index (χ3v) is 3.08. The Kier molecular flexibility index (Phi) is 4.14. The first-order valence-electron chi connectivity index (χ1n) is 6.18. The summed E-state index contributed by atoms with van der Waals surface area (Å²) < 4.78 is 5.16. The Morgan fingerprint density at radius 1 is 1.22 bits per heavy atom. The van der Waals surface area contributed by atoms with Gasteiger partial charge in [-0.25, -0.2) is 4.79 Å². The number of ketones is 2. The molecule has 0 atom stereocenters. The number of carbonyl (C=O) groups is 3. The Balaban J connectivity index is 2.72. The molecule has 102 valence electrons. The van der Waals surface area contributed by atoms with E-state index >= 15 is 0 Å². The van der Waals surface area contributed by atoms with Gasteiger partial charge in [0.15, 0.2) is 5.78 Å². The van der Waals surface area contributed by atoms with E-state index in [2.05, 4.69) is 5.32 Å². The van der Waals surface area contributed by atoms with Crippen LogP contribution in [0.4, 0.5) is 4.79 Å². The molecule has 1 fully saturated rings. The standard InChI is InChI=1S/C13H21NO4/c1-9(15)13(7-5-10(16)6-8-13)14-11(17)18-12(2,3)4/h5-8H2,1-4H3,(H,14,17). The zero-order chi connectivity index (χ0) is 14.0. The summed E-state index contributed by atoms with van der Waals surface area (Å²) in [6.45, 7) is 6.72. The first-order valence-corrected chi connectivity index (χ1v) is 6.18. The molecule has 1 N–H and O–H groups in total. The van der Waals surface area contributed by atoms with Gasteiger partial charge >= 0.3 is 6.09 Å². The van der Waals surface area contributed by atoms with E-state index in [4.69, 9.17) is 4.74 Å². The fourth-order valence-corrected chi connectivity index (χ4v) is 2.02. The van der Waals surface area contributed by atoms with Crippen LogP contribution in [0.25, 0.3) is 0 Å². The summed E-state index contributed by atoms with van der Waals surface area (Å²) in [6.07, 6.45) is 0.776. The Bertz CT molecular complexity index is 358. The number of ether oxygens (including phenoxy) is 1. The van der Waals surface area contributed by atoms with E-state index in [0.717, 1.165) is 0 Å². The number of hydrogen-bond donors (Lipinski definition) is 1. The van der Waals surface area contributed by atoms with E-state index in [9.17, 15) is 14.4 Å². The molecule has 1 aliphatic rings. The number of amides is 1. The molecule has 1 rings (SSSR count). The summed E-state index contributed by atoms with van der Waals surface area (Å²) in [5.41, 5.74) is -1.54. The summed E-state index contributed by atoms with van der Waals surface area (Å²) in [6, 6.07) is 0. The van der Waals surface area contributed by atoms with Crippen LogP contribution in [0.3, 0.4) is 0 Å². The van der Waals surface area contributed by atoms with Crippen molar-refractivity contribution < 1.29 is 19.1 Å². The molecule has 0 aromatic rings. The van der Waals surface area contributed by atoms with Crippen LogP contribution in [0.1, 0.15) is 53.4 Å². The smallest absolute Gasteiger partial charge is 0.408 e. The molecular weight excluding hydrogens is 234 g/mol. The quantitative estimate of drug-likeness (QED) is 0.819. The molecule has 1 saturated carbocycles. The molecule has 0 saturated heterocycles. The predicted octanol–water partition coefficient (Wildman–Crippen LogP) is 1.98. The first kappa shape index (κ1) is 14.7.